The minimum absolute atomic E-state index is 0.113. The Kier molecular flexibility index (Phi) is 5.94. The van der Waals surface area contributed by atoms with Crippen molar-refractivity contribution < 1.29 is 23.8 Å². The SMILES string of the molecule is O=C(C=Cc1ccco1)C1=C(O)C(=O)N(CCN2CCOCC2)C1c1cccs1. The lowest BCUT2D eigenvalue weighted by Gasteiger charge is -2.31. The highest BCUT2D eigenvalue weighted by molar-refractivity contribution is 7.10. The van der Waals surface area contributed by atoms with E-state index in [4.69, 9.17) is 9.15 Å². The van der Waals surface area contributed by atoms with Crippen LogP contribution in [0.25, 0.3) is 6.08 Å². The van der Waals surface area contributed by atoms with Gasteiger partial charge in [0.1, 0.15) is 5.76 Å². The standard InChI is InChI=1S/C21H22N2O5S/c24-16(6-5-15-3-1-11-28-15)18-19(17-4-2-14-29-17)23(21(26)20(18)25)8-7-22-9-12-27-13-10-22/h1-6,11,14,19,25H,7-10,12-13H2. The van der Waals surface area contributed by atoms with Gasteiger partial charge in [-0.2, -0.15) is 0 Å². The second-order valence-corrected chi connectivity index (χ2v) is 7.83. The molecule has 1 atom stereocenters. The predicted molar refractivity (Wildman–Crippen MR) is 108 cm³/mol. The maximum atomic E-state index is 12.9. The third-order valence-electron chi connectivity index (χ3n) is 5.08. The van der Waals surface area contributed by atoms with E-state index in [0.29, 0.717) is 32.1 Å². The molecule has 0 bridgehead atoms. The van der Waals surface area contributed by atoms with Gasteiger partial charge in [0, 0.05) is 31.1 Å². The Labute approximate surface area is 172 Å². The number of morpholine rings is 1. The zero-order valence-corrected chi connectivity index (χ0v) is 16.6. The van der Waals surface area contributed by atoms with Gasteiger partial charge in [0.25, 0.3) is 5.91 Å². The van der Waals surface area contributed by atoms with Crippen LogP contribution in [0.2, 0.25) is 0 Å². The second-order valence-electron chi connectivity index (χ2n) is 6.85. The molecule has 1 amide bonds. The molecule has 4 rings (SSSR count). The minimum Gasteiger partial charge on any atom is -0.503 e. The van der Waals surface area contributed by atoms with Crippen LogP contribution in [0.15, 0.2) is 57.7 Å². The molecule has 0 aliphatic carbocycles. The molecule has 152 valence electrons. The van der Waals surface area contributed by atoms with Gasteiger partial charge in [-0.15, -0.1) is 11.3 Å². The average Bonchev–Trinajstić information content (AvgIpc) is 3.49. The number of ketones is 1. The van der Waals surface area contributed by atoms with Gasteiger partial charge in [0.2, 0.25) is 0 Å². The van der Waals surface area contributed by atoms with Crippen LogP contribution in [0.1, 0.15) is 16.7 Å². The molecule has 0 radical (unpaired) electrons. The number of hydrogen-bond donors (Lipinski definition) is 1. The molecule has 2 aliphatic rings. The van der Waals surface area contributed by atoms with Gasteiger partial charge in [-0.25, -0.2) is 0 Å². The smallest absolute Gasteiger partial charge is 0.290 e. The van der Waals surface area contributed by atoms with Crippen LogP contribution < -0.4 is 0 Å². The highest BCUT2D eigenvalue weighted by Gasteiger charge is 2.43. The van der Waals surface area contributed by atoms with Crippen molar-refractivity contribution in [3.63, 3.8) is 0 Å². The Morgan fingerprint density at radius 3 is 2.76 bits per heavy atom. The first-order valence-electron chi connectivity index (χ1n) is 9.48. The van der Waals surface area contributed by atoms with Gasteiger partial charge >= 0.3 is 0 Å². The lowest BCUT2D eigenvalue weighted by Crippen LogP contribution is -2.43. The first-order chi connectivity index (χ1) is 14.1. The summed E-state index contributed by atoms with van der Waals surface area (Å²) in [6, 6.07) is 6.62. The average molecular weight is 414 g/mol. The number of allylic oxidation sites excluding steroid dienone is 1. The van der Waals surface area contributed by atoms with E-state index in [9.17, 15) is 14.7 Å². The van der Waals surface area contributed by atoms with Crippen molar-refractivity contribution in [1.29, 1.82) is 0 Å². The van der Waals surface area contributed by atoms with Gasteiger partial charge in [-0.1, -0.05) is 6.07 Å². The molecule has 0 aromatic carbocycles. The van der Waals surface area contributed by atoms with Crippen molar-refractivity contribution in [2.75, 3.05) is 39.4 Å². The summed E-state index contributed by atoms with van der Waals surface area (Å²) < 4.78 is 10.6. The van der Waals surface area contributed by atoms with E-state index in [2.05, 4.69) is 4.90 Å². The number of nitrogens with zero attached hydrogens (tertiary/aromatic N) is 2. The van der Waals surface area contributed by atoms with Crippen molar-refractivity contribution in [3.8, 4) is 0 Å². The largest absolute Gasteiger partial charge is 0.503 e. The maximum absolute atomic E-state index is 12.9. The Morgan fingerprint density at radius 2 is 2.07 bits per heavy atom. The monoisotopic (exact) mass is 414 g/mol. The van der Waals surface area contributed by atoms with E-state index >= 15 is 0 Å². The van der Waals surface area contributed by atoms with Crippen LogP contribution >= 0.6 is 11.3 Å². The number of aliphatic hydroxyl groups is 1. The van der Waals surface area contributed by atoms with Gasteiger partial charge in [0.05, 0.1) is 31.1 Å². The lowest BCUT2D eigenvalue weighted by molar-refractivity contribution is -0.129. The molecule has 1 unspecified atom stereocenters. The topological polar surface area (TPSA) is 83.2 Å². The molecule has 7 nitrogen and oxygen atoms in total. The molecule has 0 saturated carbocycles. The van der Waals surface area contributed by atoms with Crippen molar-refractivity contribution in [2.24, 2.45) is 0 Å². The zero-order valence-electron chi connectivity index (χ0n) is 15.8. The quantitative estimate of drug-likeness (QED) is 0.702. The molecule has 2 aromatic heterocycles. The number of aliphatic hydroxyl groups excluding tert-OH is 1. The third kappa shape index (κ3) is 4.19. The summed E-state index contributed by atoms with van der Waals surface area (Å²) in [5.41, 5.74) is 0.113. The van der Waals surface area contributed by atoms with Crippen LogP contribution in [-0.4, -0.2) is 66.0 Å². The normalized spacial score (nSPS) is 20.9. The van der Waals surface area contributed by atoms with E-state index in [1.165, 1.54) is 29.8 Å². The fraction of sp³-hybridized carbons (Fsp3) is 0.333. The van der Waals surface area contributed by atoms with Crippen LogP contribution in [0.5, 0.6) is 0 Å². The third-order valence-corrected chi connectivity index (χ3v) is 6.01. The highest BCUT2D eigenvalue weighted by Crippen LogP contribution is 2.39. The van der Waals surface area contributed by atoms with Crippen molar-refractivity contribution in [1.82, 2.24) is 9.80 Å². The molecule has 2 aliphatic heterocycles. The molecular weight excluding hydrogens is 392 g/mol. The van der Waals surface area contributed by atoms with Crippen LogP contribution in [0.3, 0.4) is 0 Å². The number of carbonyl (C=O) groups excluding carboxylic acids is 2. The van der Waals surface area contributed by atoms with Crippen molar-refractivity contribution in [3.05, 3.63) is 64.0 Å². The lowest BCUT2D eigenvalue weighted by atomic mass is 10.0. The number of thiophene rings is 1. The molecule has 1 fully saturated rings. The van der Waals surface area contributed by atoms with Crippen molar-refractivity contribution in [2.45, 2.75) is 6.04 Å². The van der Waals surface area contributed by atoms with Crippen LogP contribution in [0, 0.1) is 0 Å². The number of rotatable bonds is 7. The number of carbonyl (C=O) groups is 2. The van der Waals surface area contributed by atoms with Crippen molar-refractivity contribution >= 4 is 29.1 Å². The molecule has 2 aromatic rings. The molecule has 4 heterocycles. The summed E-state index contributed by atoms with van der Waals surface area (Å²) >= 11 is 1.46. The van der Waals surface area contributed by atoms with E-state index in [1.807, 2.05) is 17.5 Å². The Balaban J connectivity index is 1.57. The number of amides is 1. The highest BCUT2D eigenvalue weighted by atomic mass is 32.1. The molecule has 0 spiro atoms. The Bertz CT molecular complexity index is 911. The maximum Gasteiger partial charge on any atom is 0.290 e. The number of hydrogen-bond acceptors (Lipinski definition) is 7. The first-order valence-corrected chi connectivity index (χ1v) is 10.4. The zero-order chi connectivity index (χ0) is 20.2. The molecular formula is C21H22N2O5S. The van der Waals surface area contributed by atoms with E-state index in [0.717, 1.165) is 18.0 Å². The Morgan fingerprint density at radius 1 is 1.24 bits per heavy atom. The first kappa shape index (κ1) is 19.6. The second kappa shape index (κ2) is 8.77. The molecule has 1 saturated heterocycles. The number of ether oxygens (including phenoxy) is 1. The van der Waals surface area contributed by atoms with E-state index < -0.39 is 23.5 Å². The van der Waals surface area contributed by atoms with Gasteiger partial charge in [0.15, 0.2) is 11.5 Å². The van der Waals surface area contributed by atoms with Gasteiger partial charge < -0.3 is 19.2 Å². The minimum atomic E-state index is -0.586. The summed E-state index contributed by atoms with van der Waals surface area (Å²) in [6.07, 6.45) is 4.39. The summed E-state index contributed by atoms with van der Waals surface area (Å²) in [7, 11) is 0. The fourth-order valence-electron chi connectivity index (χ4n) is 3.59. The molecule has 1 N–H and O–H groups in total. The number of furan rings is 1. The molecule has 8 heteroatoms. The summed E-state index contributed by atoms with van der Waals surface area (Å²) in [5, 5.41) is 12.4. The van der Waals surface area contributed by atoms with E-state index in [-0.39, 0.29) is 5.57 Å². The summed E-state index contributed by atoms with van der Waals surface area (Å²) in [5.74, 6) is -0.856. The predicted octanol–water partition coefficient (Wildman–Crippen LogP) is 2.65. The van der Waals surface area contributed by atoms with Gasteiger partial charge in [-0.05, 0) is 35.7 Å². The van der Waals surface area contributed by atoms with Crippen LogP contribution in [-0.2, 0) is 14.3 Å². The summed E-state index contributed by atoms with van der Waals surface area (Å²) in [4.78, 5) is 30.4. The fourth-order valence-corrected chi connectivity index (χ4v) is 4.43. The Hall–Kier alpha value is -2.68. The van der Waals surface area contributed by atoms with Crippen LogP contribution in [0.4, 0.5) is 0 Å². The summed E-state index contributed by atoms with van der Waals surface area (Å²) in [6.45, 7) is 4.05. The molecule has 29 heavy (non-hydrogen) atoms. The van der Waals surface area contributed by atoms with E-state index in [1.54, 1.807) is 17.0 Å². The van der Waals surface area contributed by atoms with Gasteiger partial charge in [-0.3, -0.25) is 14.5 Å².